The highest BCUT2D eigenvalue weighted by molar-refractivity contribution is 5.97. The Hall–Kier alpha value is -3.48. The highest BCUT2D eigenvalue weighted by Crippen LogP contribution is 2.25. The van der Waals surface area contributed by atoms with Crippen LogP contribution in [-0.2, 0) is 6.61 Å². The lowest BCUT2D eigenvalue weighted by Gasteiger charge is -2.04. The second-order valence-corrected chi connectivity index (χ2v) is 6.19. The number of aromatic amines is 1. The lowest BCUT2D eigenvalue weighted by molar-refractivity contribution is 0.0706. The number of aromatic nitrogens is 2. The van der Waals surface area contributed by atoms with E-state index in [0.29, 0.717) is 11.4 Å². The minimum Gasteiger partial charge on any atom is -0.392 e. The van der Waals surface area contributed by atoms with Gasteiger partial charge < -0.3 is 10.1 Å². The maximum absolute atomic E-state index is 11.5. The molecule has 0 atom stereocenters. The van der Waals surface area contributed by atoms with Crippen molar-refractivity contribution < 1.29 is 15.1 Å². The average Bonchev–Trinajstić information content (AvgIpc) is 3.16. The molecule has 0 fully saturated rings. The Labute approximate surface area is 155 Å². The van der Waals surface area contributed by atoms with Crippen molar-refractivity contribution in [3.63, 3.8) is 0 Å². The number of imidazole rings is 1. The molecule has 0 aliphatic carbocycles. The smallest absolute Gasteiger partial charge is 0.274 e. The fourth-order valence-electron chi connectivity index (χ4n) is 2.98. The van der Waals surface area contributed by atoms with Crippen molar-refractivity contribution in [2.24, 2.45) is 0 Å². The summed E-state index contributed by atoms with van der Waals surface area (Å²) in [5.41, 5.74) is 7.38. The first-order chi connectivity index (χ1) is 13.2. The van der Waals surface area contributed by atoms with Crippen LogP contribution in [0.1, 0.15) is 15.9 Å². The molecule has 0 aliphatic heterocycles. The standard InChI is InChI=1S/C21H17N3O3/c25-12-13-1-3-14(4-2-13)15-5-7-16(8-6-15)20-22-18-10-9-17(21(26)24-27)11-19(18)23-20/h1-11,25,27H,12H2,(H,22,23)(H,24,26). The van der Waals surface area contributed by atoms with Crippen molar-refractivity contribution in [3.8, 4) is 22.5 Å². The van der Waals surface area contributed by atoms with Crippen LogP contribution in [0.15, 0.2) is 66.7 Å². The number of benzene rings is 3. The van der Waals surface area contributed by atoms with Gasteiger partial charge in [0.25, 0.3) is 5.91 Å². The number of H-pyrrole nitrogens is 1. The van der Waals surface area contributed by atoms with Gasteiger partial charge in [-0.05, 0) is 34.9 Å². The number of rotatable bonds is 4. The van der Waals surface area contributed by atoms with E-state index < -0.39 is 5.91 Å². The van der Waals surface area contributed by atoms with Crippen LogP contribution in [0.25, 0.3) is 33.5 Å². The van der Waals surface area contributed by atoms with Crippen LogP contribution in [0.4, 0.5) is 0 Å². The number of nitrogens with zero attached hydrogens (tertiary/aromatic N) is 1. The molecule has 4 rings (SSSR count). The second-order valence-electron chi connectivity index (χ2n) is 6.19. The topological polar surface area (TPSA) is 98.2 Å². The minimum absolute atomic E-state index is 0.0347. The maximum Gasteiger partial charge on any atom is 0.274 e. The van der Waals surface area contributed by atoms with E-state index in [0.717, 1.165) is 33.3 Å². The fraction of sp³-hybridized carbons (Fsp3) is 0.0476. The van der Waals surface area contributed by atoms with Crippen LogP contribution in [0.5, 0.6) is 0 Å². The van der Waals surface area contributed by atoms with Crippen LogP contribution in [0, 0.1) is 0 Å². The predicted octanol–water partition coefficient (Wildman–Crippen LogP) is 3.51. The summed E-state index contributed by atoms with van der Waals surface area (Å²) in [7, 11) is 0. The Kier molecular flexibility index (Phi) is 4.42. The molecule has 6 heteroatoms. The molecular weight excluding hydrogens is 342 g/mol. The predicted molar refractivity (Wildman–Crippen MR) is 102 cm³/mol. The van der Waals surface area contributed by atoms with Gasteiger partial charge in [-0.2, -0.15) is 0 Å². The highest BCUT2D eigenvalue weighted by Gasteiger charge is 2.09. The molecule has 0 saturated heterocycles. The zero-order valence-corrected chi connectivity index (χ0v) is 14.3. The van der Waals surface area contributed by atoms with E-state index >= 15 is 0 Å². The van der Waals surface area contributed by atoms with Gasteiger partial charge >= 0.3 is 0 Å². The molecule has 0 unspecified atom stereocenters. The first kappa shape index (κ1) is 17.0. The molecule has 1 heterocycles. The number of fused-ring (bicyclic) bond motifs is 1. The van der Waals surface area contributed by atoms with Crippen LogP contribution in [0.2, 0.25) is 0 Å². The molecule has 0 saturated carbocycles. The normalized spacial score (nSPS) is 10.9. The van der Waals surface area contributed by atoms with Gasteiger partial charge in [0.2, 0.25) is 0 Å². The average molecular weight is 359 g/mol. The second kappa shape index (κ2) is 7.03. The maximum atomic E-state index is 11.5. The third-order valence-electron chi connectivity index (χ3n) is 4.47. The summed E-state index contributed by atoms with van der Waals surface area (Å²) >= 11 is 0. The number of hydroxylamine groups is 1. The van der Waals surface area contributed by atoms with Gasteiger partial charge in [0, 0.05) is 11.1 Å². The highest BCUT2D eigenvalue weighted by atomic mass is 16.5. The van der Waals surface area contributed by atoms with E-state index in [9.17, 15) is 4.79 Å². The summed E-state index contributed by atoms with van der Waals surface area (Å²) in [6.45, 7) is 0.0347. The van der Waals surface area contributed by atoms with E-state index in [1.807, 2.05) is 48.5 Å². The number of carbonyl (C=O) groups excluding carboxylic acids is 1. The van der Waals surface area contributed by atoms with Gasteiger partial charge in [-0.3, -0.25) is 10.0 Å². The number of aliphatic hydroxyl groups excluding tert-OH is 1. The fourth-order valence-corrected chi connectivity index (χ4v) is 2.98. The van der Waals surface area contributed by atoms with Crippen molar-refractivity contribution >= 4 is 16.9 Å². The Morgan fingerprint density at radius 3 is 2.19 bits per heavy atom. The monoisotopic (exact) mass is 359 g/mol. The molecule has 27 heavy (non-hydrogen) atoms. The van der Waals surface area contributed by atoms with Gasteiger partial charge in [0.05, 0.1) is 17.6 Å². The van der Waals surface area contributed by atoms with Crippen molar-refractivity contribution in [2.45, 2.75) is 6.61 Å². The number of amides is 1. The van der Waals surface area contributed by atoms with Crippen molar-refractivity contribution in [1.29, 1.82) is 0 Å². The zero-order chi connectivity index (χ0) is 18.8. The largest absolute Gasteiger partial charge is 0.392 e. The molecule has 0 radical (unpaired) electrons. The van der Waals surface area contributed by atoms with Gasteiger partial charge in [0.15, 0.2) is 0 Å². The molecule has 3 aromatic carbocycles. The number of hydrogen-bond acceptors (Lipinski definition) is 4. The Morgan fingerprint density at radius 2 is 1.56 bits per heavy atom. The summed E-state index contributed by atoms with van der Waals surface area (Å²) in [5, 5.41) is 17.9. The van der Waals surface area contributed by atoms with Crippen molar-refractivity contribution in [2.75, 3.05) is 0 Å². The molecular formula is C21H17N3O3. The Morgan fingerprint density at radius 1 is 0.926 bits per heavy atom. The minimum atomic E-state index is -0.565. The Bertz CT molecular complexity index is 1100. The summed E-state index contributed by atoms with van der Waals surface area (Å²) in [6.07, 6.45) is 0. The van der Waals surface area contributed by atoms with Crippen LogP contribution < -0.4 is 5.48 Å². The van der Waals surface area contributed by atoms with E-state index in [2.05, 4.69) is 9.97 Å². The third kappa shape index (κ3) is 3.31. The molecule has 134 valence electrons. The molecule has 4 aromatic rings. The van der Waals surface area contributed by atoms with E-state index in [1.165, 1.54) is 0 Å². The molecule has 0 spiro atoms. The lowest BCUT2D eigenvalue weighted by atomic mass is 10.0. The lowest BCUT2D eigenvalue weighted by Crippen LogP contribution is -2.18. The van der Waals surface area contributed by atoms with Crippen molar-refractivity contribution in [1.82, 2.24) is 15.4 Å². The van der Waals surface area contributed by atoms with Gasteiger partial charge in [-0.1, -0.05) is 48.5 Å². The van der Waals surface area contributed by atoms with E-state index in [1.54, 1.807) is 23.7 Å². The van der Waals surface area contributed by atoms with E-state index in [-0.39, 0.29) is 6.61 Å². The quantitative estimate of drug-likeness (QED) is 0.331. The first-order valence-corrected chi connectivity index (χ1v) is 8.43. The molecule has 1 aromatic heterocycles. The molecule has 0 aliphatic rings. The molecule has 0 bridgehead atoms. The number of nitrogens with one attached hydrogen (secondary N) is 2. The number of hydrogen-bond donors (Lipinski definition) is 4. The van der Waals surface area contributed by atoms with E-state index in [4.69, 9.17) is 10.3 Å². The number of carbonyl (C=O) groups is 1. The SMILES string of the molecule is O=C(NO)c1ccc2nc(-c3ccc(-c4ccc(CO)cc4)cc3)[nH]c2c1. The number of aliphatic hydroxyl groups is 1. The van der Waals surface area contributed by atoms with Gasteiger partial charge in [0.1, 0.15) is 5.82 Å². The van der Waals surface area contributed by atoms with Crippen molar-refractivity contribution in [3.05, 3.63) is 77.9 Å². The summed E-state index contributed by atoms with van der Waals surface area (Å²) in [6, 6.07) is 20.8. The summed E-state index contributed by atoms with van der Waals surface area (Å²) < 4.78 is 0. The summed E-state index contributed by atoms with van der Waals surface area (Å²) in [5.74, 6) is 0.137. The first-order valence-electron chi connectivity index (χ1n) is 8.43. The van der Waals surface area contributed by atoms with Gasteiger partial charge in [-0.15, -0.1) is 0 Å². The Balaban J connectivity index is 1.63. The van der Waals surface area contributed by atoms with Crippen LogP contribution in [-0.4, -0.2) is 26.2 Å². The molecule has 6 nitrogen and oxygen atoms in total. The third-order valence-corrected chi connectivity index (χ3v) is 4.47. The zero-order valence-electron chi connectivity index (χ0n) is 14.3. The van der Waals surface area contributed by atoms with Crippen LogP contribution in [0.3, 0.4) is 0 Å². The molecule has 4 N–H and O–H groups in total. The van der Waals surface area contributed by atoms with Crippen LogP contribution >= 0.6 is 0 Å². The van der Waals surface area contributed by atoms with Gasteiger partial charge in [-0.25, -0.2) is 10.5 Å². The summed E-state index contributed by atoms with van der Waals surface area (Å²) in [4.78, 5) is 19.3. The molecule has 1 amide bonds.